The molecular weight excluding hydrogens is 282 g/mol. The lowest BCUT2D eigenvalue weighted by Gasteiger charge is -2.17. The molecule has 3 aromatic rings. The lowest BCUT2D eigenvalue weighted by Crippen LogP contribution is -2.26. The molecule has 0 atom stereocenters. The summed E-state index contributed by atoms with van der Waals surface area (Å²) in [5, 5.41) is 9.63. The van der Waals surface area contributed by atoms with Gasteiger partial charge in [0.2, 0.25) is 0 Å². The van der Waals surface area contributed by atoms with Gasteiger partial charge in [0.05, 0.1) is 16.8 Å². The largest absolute Gasteiger partial charge is 0.314 e. The molecule has 4 rings (SSSR count). The van der Waals surface area contributed by atoms with Crippen molar-refractivity contribution in [3.8, 4) is 0 Å². The van der Waals surface area contributed by atoms with Crippen LogP contribution in [0.4, 0.5) is 0 Å². The van der Waals surface area contributed by atoms with Crippen LogP contribution in [-0.2, 0) is 19.5 Å². The number of fused-ring (bicyclic) bond motifs is 2. The summed E-state index contributed by atoms with van der Waals surface area (Å²) in [6, 6.07) is 8.35. The molecule has 0 aliphatic carbocycles. The molecular formula is C15H17N5S. The molecule has 0 spiro atoms. The molecule has 3 heterocycles. The zero-order valence-corrected chi connectivity index (χ0v) is 12.8. The Morgan fingerprint density at radius 2 is 2.05 bits per heavy atom. The summed E-state index contributed by atoms with van der Waals surface area (Å²) < 4.78 is 3.51. The smallest absolute Gasteiger partial charge is 0.134 e. The van der Waals surface area contributed by atoms with Gasteiger partial charge in [-0.3, -0.25) is 4.90 Å². The Labute approximate surface area is 127 Å². The highest BCUT2D eigenvalue weighted by Gasteiger charge is 2.18. The van der Waals surface area contributed by atoms with Crippen molar-refractivity contribution in [2.45, 2.75) is 26.4 Å². The fraction of sp³-hybridized carbons (Fsp3) is 0.400. The van der Waals surface area contributed by atoms with Gasteiger partial charge < -0.3 is 4.57 Å². The number of hydrogen-bond acceptors (Lipinski definition) is 5. The maximum absolute atomic E-state index is 4.73. The van der Waals surface area contributed by atoms with Crippen molar-refractivity contribution in [2.24, 2.45) is 0 Å². The maximum Gasteiger partial charge on any atom is 0.134 e. The molecule has 0 saturated heterocycles. The second-order valence-electron chi connectivity index (χ2n) is 5.42. The Bertz CT molecular complexity index is 742. The van der Waals surface area contributed by atoms with Crippen molar-refractivity contribution in [2.75, 3.05) is 13.1 Å². The quantitative estimate of drug-likeness (QED) is 0.728. The molecule has 1 aliphatic rings. The zero-order valence-electron chi connectivity index (χ0n) is 12.0. The van der Waals surface area contributed by atoms with E-state index in [1.807, 2.05) is 13.0 Å². The molecule has 108 valence electrons. The van der Waals surface area contributed by atoms with Crippen LogP contribution >= 0.6 is 11.3 Å². The monoisotopic (exact) mass is 299 g/mol. The number of benzene rings is 1. The van der Waals surface area contributed by atoms with E-state index in [-0.39, 0.29) is 0 Å². The molecule has 0 amide bonds. The Morgan fingerprint density at radius 3 is 2.95 bits per heavy atom. The van der Waals surface area contributed by atoms with Crippen LogP contribution in [0.5, 0.6) is 0 Å². The molecule has 2 aromatic heterocycles. The summed E-state index contributed by atoms with van der Waals surface area (Å²) >= 11 is 1.80. The van der Waals surface area contributed by atoms with E-state index in [0.717, 1.165) is 49.8 Å². The summed E-state index contributed by atoms with van der Waals surface area (Å²) in [5.74, 6) is 2.13. The first-order valence-corrected chi connectivity index (χ1v) is 8.07. The SMILES string of the molecule is Cc1nnc2n1CCN(Cc1nc3ccccc3s1)CC2. The molecule has 5 nitrogen and oxygen atoms in total. The predicted octanol–water partition coefficient (Wildman–Crippen LogP) is 2.25. The van der Waals surface area contributed by atoms with Crippen molar-refractivity contribution >= 4 is 21.6 Å². The van der Waals surface area contributed by atoms with E-state index >= 15 is 0 Å². The van der Waals surface area contributed by atoms with E-state index in [9.17, 15) is 0 Å². The van der Waals surface area contributed by atoms with Gasteiger partial charge in [0, 0.05) is 26.1 Å². The number of aromatic nitrogens is 4. The van der Waals surface area contributed by atoms with Gasteiger partial charge in [0.1, 0.15) is 16.7 Å². The molecule has 0 radical (unpaired) electrons. The van der Waals surface area contributed by atoms with Crippen molar-refractivity contribution in [3.05, 3.63) is 40.9 Å². The second kappa shape index (κ2) is 5.20. The topological polar surface area (TPSA) is 46.8 Å². The fourth-order valence-corrected chi connectivity index (χ4v) is 3.86. The van der Waals surface area contributed by atoms with E-state index in [4.69, 9.17) is 4.98 Å². The minimum absolute atomic E-state index is 0.927. The third-order valence-corrected chi connectivity index (χ3v) is 5.02. The van der Waals surface area contributed by atoms with Gasteiger partial charge in [-0.05, 0) is 19.1 Å². The summed E-state index contributed by atoms with van der Waals surface area (Å²) in [6.45, 7) is 5.98. The predicted molar refractivity (Wildman–Crippen MR) is 83.4 cm³/mol. The van der Waals surface area contributed by atoms with Crippen LogP contribution in [0.2, 0.25) is 0 Å². The van der Waals surface area contributed by atoms with E-state index in [0.29, 0.717) is 0 Å². The highest BCUT2D eigenvalue weighted by Crippen LogP contribution is 2.23. The van der Waals surface area contributed by atoms with Crippen LogP contribution in [-0.4, -0.2) is 37.7 Å². The van der Waals surface area contributed by atoms with Crippen molar-refractivity contribution in [1.82, 2.24) is 24.6 Å². The van der Waals surface area contributed by atoms with Crippen LogP contribution in [0.15, 0.2) is 24.3 Å². The first-order valence-electron chi connectivity index (χ1n) is 7.25. The Morgan fingerprint density at radius 1 is 1.14 bits per heavy atom. The second-order valence-corrected chi connectivity index (χ2v) is 6.53. The molecule has 0 N–H and O–H groups in total. The summed E-state index contributed by atoms with van der Waals surface area (Å²) in [6.07, 6.45) is 0.964. The van der Waals surface area contributed by atoms with Crippen LogP contribution < -0.4 is 0 Å². The number of hydrogen-bond donors (Lipinski definition) is 0. The number of nitrogens with zero attached hydrogens (tertiary/aromatic N) is 5. The van der Waals surface area contributed by atoms with Crippen LogP contribution in [0.25, 0.3) is 10.2 Å². The normalized spacial score (nSPS) is 16.0. The highest BCUT2D eigenvalue weighted by molar-refractivity contribution is 7.18. The number of thiazole rings is 1. The minimum atomic E-state index is 0.927. The Kier molecular flexibility index (Phi) is 3.20. The molecule has 21 heavy (non-hydrogen) atoms. The van der Waals surface area contributed by atoms with Gasteiger partial charge in [-0.2, -0.15) is 0 Å². The average Bonchev–Trinajstić information content (AvgIpc) is 2.98. The van der Waals surface area contributed by atoms with Crippen molar-refractivity contribution in [3.63, 3.8) is 0 Å². The standard InChI is InChI=1S/C15H17N5S/c1-11-17-18-14-6-7-19(8-9-20(11)14)10-15-16-12-4-2-3-5-13(12)21-15/h2-5H,6-10H2,1H3. The lowest BCUT2D eigenvalue weighted by atomic mass is 10.3. The van der Waals surface area contributed by atoms with Gasteiger partial charge in [0.25, 0.3) is 0 Å². The van der Waals surface area contributed by atoms with E-state index < -0.39 is 0 Å². The highest BCUT2D eigenvalue weighted by atomic mass is 32.1. The molecule has 1 aliphatic heterocycles. The molecule has 0 bridgehead atoms. The third-order valence-electron chi connectivity index (χ3n) is 4.00. The number of rotatable bonds is 2. The molecule has 0 unspecified atom stereocenters. The molecule has 0 saturated carbocycles. The van der Waals surface area contributed by atoms with E-state index in [1.165, 1.54) is 9.71 Å². The van der Waals surface area contributed by atoms with Crippen molar-refractivity contribution in [1.29, 1.82) is 0 Å². The summed E-state index contributed by atoms with van der Waals surface area (Å²) in [5.41, 5.74) is 1.11. The van der Waals surface area contributed by atoms with E-state index in [1.54, 1.807) is 11.3 Å². The van der Waals surface area contributed by atoms with E-state index in [2.05, 4.69) is 37.9 Å². The number of para-hydroxylation sites is 1. The van der Waals surface area contributed by atoms with Gasteiger partial charge in [-0.15, -0.1) is 21.5 Å². The molecule has 0 fully saturated rings. The zero-order chi connectivity index (χ0) is 14.2. The van der Waals surface area contributed by atoms with Crippen LogP contribution in [0.1, 0.15) is 16.7 Å². The Hall–Kier alpha value is -1.79. The van der Waals surface area contributed by atoms with Gasteiger partial charge in [0.15, 0.2) is 0 Å². The van der Waals surface area contributed by atoms with Crippen LogP contribution in [0, 0.1) is 6.92 Å². The average molecular weight is 299 g/mol. The first kappa shape index (κ1) is 12.9. The fourth-order valence-electron chi connectivity index (χ4n) is 2.85. The first-order chi connectivity index (χ1) is 10.3. The van der Waals surface area contributed by atoms with Gasteiger partial charge in [-0.1, -0.05) is 12.1 Å². The maximum atomic E-state index is 4.73. The summed E-state index contributed by atoms with van der Waals surface area (Å²) in [4.78, 5) is 7.20. The summed E-state index contributed by atoms with van der Waals surface area (Å²) in [7, 11) is 0. The third kappa shape index (κ3) is 2.45. The van der Waals surface area contributed by atoms with Crippen molar-refractivity contribution < 1.29 is 0 Å². The molecule has 6 heteroatoms. The Balaban J connectivity index is 1.50. The lowest BCUT2D eigenvalue weighted by molar-refractivity contribution is 0.270. The van der Waals surface area contributed by atoms with Crippen LogP contribution in [0.3, 0.4) is 0 Å². The van der Waals surface area contributed by atoms with Gasteiger partial charge >= 0.3 is 0 Å². The van der Waals surface area contributed by atoms with Gasteiger partial charge in [-0.25, -0.2) is 4.98 Å². The number of aryl methyl sites for hydroxylation is 1. The molecule has 1 aromatic carbocycles. The minimum Gasteiger partial charge on any atom is -0.314 e.